The van der Waals surface area contributed by atoms with Gasteiger partial charge < -0.3 is 11.1 Å². The molecular formula is C18H31ClN2O. The number of carbonyl (C=O) groups excluding carboxylic acids is 1. The lowest BCUT2D eigenvalue weighted by Crippen LogP contribution is -2.54. The van der Waals surface area contributed by atoms with Crippen LogP contribution in [-0.4, -0.2) is 18.0 Å². The van der Waals surface area contributed by atoms with Crippen LogP contribution in [0.3, 0.4) is 0 Å². The number of nitrogens with one attached hydrogen (secondary N) is 1. The number of unbranched alkanes of at least 4 members (excludes halogenated alkanes) is 1. The molecule has 1 atom stereocenters. The van der Waals surface area contributed by atoms with Crippen molar-refractivity contribution in [1.82, 2.24) is 5.32 Å². The molecule has 0 saturated heterocycles. The van der Waals surface area contributed by atoms with Crippen LogP contribution in [0.4, 0.5) is 0 Å². The molecule has 0 saturated carbocycles. The second-order valence-electron chi connectivity index (χ2n) is 6.52. The summed E-state index contributed by atoms with van der Waals surface area (Å²) in [6.07, 6.45) is 3.57. The molecule has 0 heterocycles. The molecule has 0 spiro atoms. The number of carbonyl (C=O) groups is 1. The highest BCUT2D eigenvalue weighted by Gasteiger charge is 2.28. The number of hydrogen-bond donors (Lipinski definition) is 2. The molecule has 0 aliphatic heterocycles. The van der Waals surface area contributed by atoms with E-state index >= 15 is 0 Å². The molecule has 1 rings (SSSR count). The van der Waals surface area contributed by atoms with Gasteiger partial charge in [-0.15, -0.1) is 12.4 Å². The lowest BCUT2D eigenvalue weighted by molar-refractivity contribution is -0.123. The zero-order chi connectivity index (χ0) is 15.9. The van der Waals surface area contributed by atoms with Gasteiger partial charge in [-0.25, -0.2) is 0 Å². The van der Waals surface area contributed by atoms with Crippen LogP contribution in [0.15, 0.2) is 24.3 Å². The third-order valence-electron chi connectivity index (χ3n) is 4.36. The lowest BCUT2D eigenvalue weighted by atomic mass is 9.88. The van der Waals surface area contributed by atoms with Crippen LogP contribution in [0.25, 0.3) is 0 Å². The minimum atomic E-state index is -0.298. The fourth-order valence-corrected chi connectivity index (χ4v) is 2.18. The largest absolute Gasteiger partial charge is 0.349 e. The minimum Gasteiger partial charge on any atom is -0.349 e. The van der Waals surface area contributed by atoms with Gasteiger partial charge in [-0.2, -0.15) is 0 Å². The predicted molar refractivity (Wildman–Crippen MR) is 96.4 cm³/mol. The summed E-state index contributed by atoms with van der Waals surface area (Å²) in [4.78, 5) is 12.0. The maximum absolute atomic E-state index is 12.0. The Hall–Kier alpha value is -1.06. The molecular weight excluding hydrogens is 296 g/mol. The van der Waals surface area contributed by atoms with Crippen molar-refractivity contribution in [3.63, 3.8) is 0 Å². The van der Waals surface area contributed by atoms with Crippen molar-refractivity contribution in [2.75, 3.05) is 6.54 Å². The SMILES string of the molecule is Cc1ccc(CCCCC(=O)NC(C)(CN)C(C)C)cc1.Cl. The third kappa shape index (κ3) is 6.80. The van der Waals surface area contributed by atoms with E-state index in [1.807, 2.05) is 6.92 Å². The van der Waals surface area contributed by atoms with Crippen molar-refractivity contribution in [1.29, 1.82) is 0 Å². The van der Waals surface area contributed by atoms with E-state index < -0.39 is 0 Å². The molecule has 22 heavy (non-hydrogen) atoms. The summed E-state index contributed by atoms with van der Waals surface area (Å²) in [5.41, 5.74) is 8.11. The van der Waals surface area contributed by atoms with Crippen molar-refractivity contribution in [3.8, 4) is 0 Å². The van der Waals surface area contributed by atoms with E-state index in [-0.39, 0.29) is 23.9 Å². The molecule has 0 aliphatic rings. The molecule has 0 radical (unpaired) electrons. The number of amides is 1. The number of benzene rings is 1. The molecule has 4 heteroatoms. The van der Waals surface area contributed by atoms with Crippen LogP contribution >= 0.6 is 12.4 Å². The summed E-state index contributed by atoms with van der Waals surface area (Å²) in [6, 6.07) is 8.61. The van der Waals surface area contributed by atoms with E-state index in [0.717, 1.165) is 19.3 Å². The maximum atomic E-state index is 12.0. The standard InChI is InChI=1S/C18H30N2O.ClH/c1-14(2)18(4,13-19)20-17(21)8-6-5-7-16-11-9-15(3)10-12-16;/h9-12,14H,5-8,13,19H2,1-4H3,(H,20,21);1H. The van der Waals surface area contributed by atoms with Crippen molar-refractivity contribution in [2.45, 2.75) is 58.9 Å². The van der Waals surface area contributed by atoms with E-state index in [0.29, 0.717) is 18.9 Å². The average molecular weight is 327 g/mol. The smallest absolute Gasteiger partial charge is 0.220 e. The van der Waals surface area contributed by atoms with Gasteiger partial charge >= 0.3 is 0 Å². The second kappa shape index (κ2) is 9.86. The first kappa shape index (κ1) is 20.9. The van der Waals surface area contributed by atoms with Gasteiger partial charge in [0.15, 0.2) is 0 Å². The Kier molecular flexibility index (Phi) is 9.38. The summed E-state index contributed by atoms with van der Waals surface area (Å²) in [7, 11) is 0. The van der Waals surface area contributed by atoms with E-state index in [2.05, 4.69) is 50.4 Å². The third-order valence-corrected chi connectivity index (χ3v) is 4.36. The van der Waals surface area contributed by atoms with Crippen molar-refractivity contribution >= 4 is 18.3 Å². The highest BCUT2D eigenvalue weighted by Crippen LogP contribution is 2.15. The number of halogens is 1. The molecule has 0 fully saturated rings. The average Bonchev–Trinajstić information content (AvgIpc) is 2.45. The van der Waals surface area contributed by atoms with Crippen molar-refractivity contribution in [3.05, 3.63) is 35.4 Å². The van der Waals surface area contributed by atoms with Gasteiger partial charge in [0.25, 0.3) is 0 Å². The summed E-state index contributed by atoms with van der Waals surface area (Å²) in [5.74, 6) is 0.444. The molecule has 1 aromatic carbocycles. The summed E-state index contributed by atoms with van der Waals surface area (Å²) >= 11 is 0. The van der Waals surface area contributed by atoms with Gasteiger partial charge in [0.05, 0.1) is 5.54 Å². The maximum Gasteiger partial charge on any atom is 0.220 e. The van der Waals surface area contributed by atoms with Crippen LogP contribution < -0.4 is 11.1 Å². The normalized spacial score (nSPS) is 13.4. The molecule has 3 N–H and O–H groups in total. The molecule has 0 aromatic heterocycles. The quantitative estimate of drug-likeness (QED) is 0.717. The first-order chi connectivity index (χ1) is 9.87. The Bertz CT molecular complexity index is 445. The number of nitrogens with two attached hydrogens (primary N) is 1. The van der Waals surface area contributed by atoms with E-state index in [4.69, 9.17) is 5.73 Å². The Morgan fingerprint density at radius 3 is 2.32 bits per heavy atom. The molecule has 1 unspecified atom stereocenters. The second-order valence-corrected chi connectivity index (χ2v) is 6.52. The van der Waals surface area contributed by atoms with Gasteiger partial charge in [0.2, 0.25) is 5.91 Å². The van der Waals surface area contributed by atoms with Crippen LogP contribution in [0.2, 0.25) is 0 Å². The Morgan fingerprint density at radius 1 is 1.23 bits per heavy atom. The van der Waals surface area contributed by atoms with Crippen LogP contribution in [-0.2, 0) is 11.2 Å². The first-order valence-electron chi connectivity index (χ1n) is 7.94. The minimum absolute atomic E-state index is 0. The van der Waals surface area contributed by atoms with Gasteiger partial charge in [-0.3, -0.25) is 4.79 Å². The Morgan fingerprint density at radius 2 is 1.82 bits per heavy atom. The van der Waals surface area contributed by atoms with Crippen LogP contribution in [0.5, 0.6) is 0 Å². The monoisotopic (exact) mass is 326 g/mol. The topological polar surface area (TPSA) is 55.1 Å². The fraction of sp³-hybridized carbons (Fsp3) is 0.611. The molecule has 1 amide bonds. The molecule has 126 valence electrons. The lowest BCUT2D eigenvalue weighted by Gasteiger charge is -2.33. The number of rotatable bonds is 8. The van der Waals surface area contributed by atoms with Gasteiger partial charge in [-0.05, 0) is 44.6 Å². The molecule has 0 aliphatic carbocycles. The Balaban J connectivity index is 0.00000441. The van der Waals surface area contributed by atoms with Gasteiger partial charge in [0.1, 0.15) is 0 Å². The van der Waals surface area contributed by atoms with Crippen LogP contribution in [0, 0.1) is 12.8 Å². The highest BCUT2D eigenvalue weighted by molar-refractivity contribution is 5.85. The van der Waals surface area contributed by atoms with Crippen LogP contribution in [0.1, 0.15) is 51.2 Å². The number of aryl methyl sites for hydroxylation is 2. The van der Waals surface area contributed by atoms with Gasteiger partial charge in [0, 0.05) is 13.0 Å². The first-order valence-corrected chi connectivity index (χ1v) is 7.94. The zero-order valence-electron chi connectivity index (χ0n) is 14.3. The summed E-state index contributed by atoms with van der Waals surface area (Å²) < 4.78 is 0. The van der Waals surface area contributed by atoms with E-state index in [1.54, 1.807) is 0 Å². The molecule has 3 nitrogen and oxygen atoms in total. The fourth-order valence-electron chi connectivity index (χ4n) is 2.18. The predicted octanol–water partition coefficient (Wildman–Crippen LogP) is 3.62. The molecule has 1 aromatic rings. The van der Waals surface area contributed by atoms with Crippen molar-refractivity contribution < 1.29 is 4.79 Å². The van der Waals surface area contributed by atoms with E-state index in [1.165, 1.54) is 11.1 Å². The number of hydrogen-bond acceptors (Lipinski definition) is 2. The summed E-state index contributed by atoms with van der Waals surface area (Å²) in [6.45, 7) is 8.76. The molecule has 0 bridgehead atoms. The van der Waals surface area contributed by atoms with E-state index in [9.17, 15) is 4.79 Å². The zero-order valence-corrected chi connectivity index (χ0v) is 15.1. The van der Waals surface area contributed by atoms with Gasteiger partial charge in [-0.1, -0.05) is 43.7 Å². The highest BCUT2D eigenvalue weighted by atomic mass is 35.5. The van der Waals surface area contributed by atoms with Crippen molar-refractivity contribution in [2.24, 2.45) is 11.7 Å². The Labute approximate surface area is 141 Å². The summed E-state index contributed by atoms with van der Waals surface area (Å²) in [5, 5.41) is 3.08.